The largest absolute Gasteiger partial charge is 0.462 e. The molecule has 0 saturated carbocycles. The van der Waals surface area contributed by atoms with Crippen LogP contribution < -0.4 is 9.91 Å². The third kappa shape index (κ3) is 4.22. The highest BCUT2D eigenvalue weighted by atomic mass is 32.2. The van der Waals surface area contributed by atoms with Crippen LogP contribution in [-0.2, 0) is 19.1 Å². The van der Waals surface area contributed by atoms with Gasteiger partial charge in [0.1, 0.15) is 4.91 Å². The van der Waals surface area contributed by atoms with Crippen molar-refractivity contribution in [3.05, 3.63) is 70.8 Å². The van der Waals surface area contributed by atoms with Crippen molar-refractivity contribution < 1.29 is 19.1 Å². The molecule has 0 unspecified atom stereocenters. The molecule has 2 aliphatic rings. The van der Waals surface area contributed by atoms with Gasteiger partial charge in [0.05, 0.1) is 18.9 Å². The van der Waals surface area contributed by atoms with Gasteiger partial charge in [-0.1, -0.05) is 42.1 Å². The van der Waals surface area contributed by atoms with Gasteiger partial charge in [0.2, 0.25) is 9.37 Å². The second-order valence-electron chi connectivity index (χ2n) is 7.33. The summed E-state index contributed by atoms with van der Waals surface area (Å²) in [6.07, 6.45) is 0. The molecule has 1 atom stereocenters. The first-order chi connectivity index (χ1) is 15.9. The van der Waals surface area contributed by atoms with Gasteiger partial charge in [-0.15, -0.1) is 0 Å². The third-order valence-corrected chi connectivity index (χ3v) is 7.89. The molecule has 172 valence electrons. The topological polar surface area (TPSA) is 71.4 Å². The lowest BCUT2D eigenvalue weighted by Crippen LogP contribution is -2.49. The monoisotopic (exact) mass is 483 g/mol. The van der Waals surface area contributed by atoms with Crippen LogP contribution in [0.25, 0.3) is 0 Å². The van der Waals surface area contributed by atoms with Crippen LogP contribution in [-0.4, -0.2) is 34.5 Å². The van der Waals surface area contributed by atoms with Gasteiger partial charge in [0, 0.05) is 11.4 Å². The molecule has 0 bridgehead atoms. The van der Waals surface area contributed by atoms with Crippen LogP contribution in [0.1, 0.15) is 26.3 Å². The van der Waals surface area contributed by atoms with Crippen LogP contribution in [0, 0.1) is 6.92 Å². The third-order valence-electron chi connectivity index (χ3n) is 5.04. The zero-order chi connectivity index (χ0) is 23.6. The van der Waals surface area contributed by atoms with E-state index in [0.717, 1.165) is 22.6 Å². The fourth-order valence-corrected chi connectivity index (χ4v) is 6.64. The Kier molecular flexibility index (Phi) is 6.71. The second kappa shape index (κ2) is 9.52. The molecule has 0 radical (unpaired) electrons. The fourth-order valence-electron chi connectivity index (χ4n) is 3.69. The average molecular weight is 484 g/mol. The molecule has 0 aliphatic carbocycles. The van der Waals surface area contributed by atoms with Crippen molar-refractivity contribution in [3.8, 4) is 0 Å². The summed E-state index contributed by atoms with van der Waals surface area (Å²) in [5.41, 5.74) is 3.45. The number of carbonyl (C=O) groups excluding carboxylic acids is 2. The molecule has 2 heterocycles. The number of thioether (sulfide) groups is 2. The lowest BCUT2D eigenvalue weighted by Gasteiger charge is -2.41. The highest BCUT2D eigenvalue weighted by Crippen LogP contribution is 2.60. The molecule has 2 aliphatic heterocycles. The maximum atomic E-state index is 12.9. The van der Waals surface area contributed by atoms with Crippen molar-refractivity contribution in [2.75, 3.05) is 23.1 Å². The highest BCUT2D eigenvalue weighted by molar-refractivity contribution is 8.29. The average Bonchev–Trinajstić information content (AvgIpc) is 3.32. The first kappa shape index (κ1) is 23.3. The van der Waals surface area contributed by atoms with Gasteiger partial charge in [0.25, 0.3) is 0 Å². The minimum Gasteiger partial charge on any atom is -0.462 e. The van der Waals surface area contributed by atoms with E-state index in [1.807, 2.05) is 73.3 Å². The molecule has 9 heteroatoms. The summed E-state index contributed by atoms with van der Waals surface area (Å²) in [5.74, 6) is -0.889. The molecule has 1 spiro atoms. The summed E-state index contributed by atoms with van der Waals surface area (Å²) in [6.45, 7) is 7.95. The lowest BCUT2D eigenvalue weighted by atomic mass is 10.2. The van der Waals surface area contributed by atoms with Crippen molar-refractivity contribution in [2.45, 2.75) is 32.0 Å². The Labute approximate surface area is 201 Å². The maximum absolute atomic E-state index is 12.9. The van der Waals surface area contributed by atoms with E-state index in [1.54, 1.807) is 18.9 Å². The standard InChI is InChI=1S/C24H25N3O4S2/c1-5-30-22(28)20-17(4)26(18-12-8-7-9-13-18)24(32-20)27(19-14-10-11-16(3)15-19)25-21(33-24)23(29)31-6-2/h7-15H,5-6H2,1-4H3/t24-/m1/s1. The molecular weight excluding hydrogens is 458 g/mol. The number of hydrogen-bond acceptors (Lipinski definition) is 9. The number of allylic oxidation sites excluding steroid dienone is 1. The minimum absolute atomic E-state index is 0.227. The Balaban J connectivity index is 1.89. The first-order valence-electron chi connectivity index (χ1n) is 10.6. The number of aryl methyl sites for hydroxylation is 1. The summed E-state index contributed by atoms with van der Waals surface area (Å²) >= 11 is 2.59. The number of rotatable bonds is 6. The van der Waals surface area contributed by atoms with E-state index in [4.69, 9.17) is 14.6 Å². The normalized spacial score (nSPS) is 19.8. The number of anilines is 2. The number of carbonyl (C=O) groups is 2. The van der Waals surface area contributed by atoms with E-state index < -0.39 is 16.3 Å². The van der Waals surface area contributed by atoms with Gasteiger partial charge in [-0.2, -0.15) is 5.10 Å². The Bertz CT molecular complexity index is 1140. The van der Waals surface area contributed by atoms with Crippen LogP contribution in [0.3, 0.4) is 0 Å². The Morgan fingerprint density at radius 1 is 0.909 bits per heavy atom. The lowest BCUT2D eigenvalue weighted by molar-refractivity contribution is -0.137. The summed E-state index contributed by atoms with van der Waals surface area (Å²) in [4.78, 5) is 28.2. The molecule has 0 saturated heterocycles. The molecule has 0 amide bonds. The SMILES string of the molecule is CCOC(=O)C1=NN(c2cccc(C)c2)[C@@]2(S1)SC(C(=O)OCC)=C(C)N2c1ccccc1. The number of hydrogen-bond donors (Lipinski definition) is 0. The molecule has 0 fully saturated rings. The van der Waals surface area contributed by atoms with Gasteiger partial charge in [-0.25, -0.2) is 14.6 Å². The number of para-hydroxylation sites is 1. The van der Waals surface area contributed by atoms with Crippen molar-refractivity contribution in [2.24, 2.45) is 5.10 Å². The van der Waals surface area contributed by atoms with Gasteiger partial charge in [-0.05, 0) is 69.3 Å². The predicted molar refractivity (Wildman–Crippen MR) is 134 cm³/mol. The molecule has 0 aromatic heterocycles. The van der Waals surface area contributed by atoms with E-state index in [1.165, 1.54) is 23.5 Å². The number of benzene rings is 2. The molecule has 33 heavy (non-hydrogen) atoms. The van der Waals surface area contributed by atoms with Crippen LogP contribution in [0.4, 0.5) is 11.4 Å². The van der Waals surface area contributed by atoms with Crippen LogP contribution in [0.2, 0.25) is 0 Å². The molecule has 0 N–H and O–H groups in total. The maximum Gasteiger partial charge on any atom is 0.365 e. The van der Waals surface area contributed by atoms with Crippen LogP contribution in [0.15, 0.2) is 70.3 Å². The van der Waals surface area contributed by atoms with Gasteiger partial charge < -0.3 is 14.4 Å². The Hall–Kier alpha value is -2.91. The predicted octanol–water partition coefficient (Wildman–Crippen LogP) is 5.08. The smallest absolute Gasteiger partial charge is 0.365 e. The number of ether oxygens (including phenoxy) is 2. The minimum atomic E-state index is -0.983. The van der Waals surface area contributed by atoms with Crippen molar-refractivity contribution in [1.29, 1.82) is 0 Å². The zero-order valence-corrected chi connectivity index (χ0v) is 20.5. The van der Waals surface area contributed by atoms with Crippen molar-refractivity contribution >= 4 is 51.9 Å². The molecular formula is C24H25N3O4S2. The van der Waals surface area contributed by atoms with E-state index >= 15 is 0 Å². The Morgan fingerprint density at radius 2 is 1.58 bits per heavy atom. The number of hydrazone groups is 1. The van der Waals surface area contributed by atoms with Crippen molar-refractivity contribution in [3.63, 3.8) is 0 Å². The van der Waals surface area contributed by atoms with Gasteiger partial charge >= 0.3 is 11.9 Å². The van der Waals surface area contributed by atoms with E-state index in [0.29, 0.717) is 4.91 Å². The molecule has 4 rings (SSSR count). The molecule has 7 nitrogen and oxygen atoms in total. The zero-order valence-electron chi connectivity index (χ0n) is 18.9. The van der Waals surface area contributed by atoms with Gasteiger partial charge in [0.15, 0.2) is 0 Å². The fraction of sp³-hybridized carbons (Fsp3) is 0.292. The van der Waals surface area contributed by atoms with E-state index in [2.05, 4.69) is 0 Å². The first-order valence-corrected chi connectivity index (χ1v) is 12.3. The Morgan fingerprint density at radius 3 is 2.24 bits per heavy atom. The summed E-state index contributed by atoms with van der Waals surface area (Å²) in [6, 6.07) is 17.6. The number of esters is 2. The second-order valence-corrected chi connectivity index (χ2v) is 9.94. The van der Waals surface area contributed by atoms with E-state index in [9.17, 15) is 9.59 Å². The summed E-state index contributed by atoms with van der Waals surface area (Å²) < 4.78 is 9.64. The summed E-state index contributed by atoms with van der Waals surface area (Å²) in [7, 11) is 0. The highest BCUT2D eigenvalue weighted by Gasteiger charge is 2.58. The quantitative estimate of drug-likeness (QED) is 0.527. The van der Waals surface area contributed by atoms with Crippen LogP contribution >= 0.6 is 23.5 Å². The van der Waals surface area contributed by atoms with Crippen LogP contribution in [0.5, 0.6) is 0 Å². The van der Waals surface area contributed by atoms with Crippen molar-refractivity contribution in [1.82, 2.24) is 0 Å². The summed E-state index contributed by atoms with van der Waals surface area (Å²) in [5, 5.41) is 6.72. The molecule has 2 aromatic rings. The molecule has 2 aromatic carbocycles. The number of nitrogens with zero attached hydrogens (tertiary/aromatic N) is 3. The van der Waals surface area contributed by atoms with E-state index in [-0.39, 0.29) is 18.3 Å². The van der Waals surface area contributed by atoms with Gasteiger partial charge in [-0.3, -0.25) is 0 Å².